The standard InChI is InChI=1S/C67H60N2/c1-65(2,3)51-28-37-54(38-29-51)68(53-32-23-47(24-33-53)45-17-11-9-12-18-45)57-36-27-49-42-60-61(43-50(49)41-57)67(7,8)62-44-63(58-21-15-16-22-59(58)64(60)62)69(56-39-30-52(31-40-56)66(4,5)6)55-34-25-48(26-35-55)46-19-13-10-14-20-46/h9-44H,1-8H3. The van der Waals surface area contributed by atoms with Crippen molar-refractivity contribution in [3.8, 4) is 33.4 Å². The fourth-order valence-corrected chi connectivity index (χ4v) is 10.6. The highest BCUT2D eigenvalue weighted by molar-refractivity contribution is 6.11. The topological polar surface area (TPSA) is 6.48 Å². The Kier molecular flexibility index (Phi) is 10.7. The molecular formula is C67H60N2. The summed E-state index contributed by atoms with van der Waals surface area (Å²) in [6, 6.07) is 81.2. The maximum atomic E-state index is 2.50. The largest absolute Gasteiger partial charge is 0.310 e. The van der Waals surface area contributed by atoms with Crippen LogP contribution in [0.15, 0.2) is 218 Å². The molecule has 338 valence electrons. The van der Waals surface area contributed by atoms with Gasteiger partial charge in [0.1, 0.15) is 0 Å². The molecule has 69 heavy (non-hydrogen) atoms. The summed E-state index contributed by atoms with van der Waals surface area (Å²) in [5, 5.41) is 4.96. The van der Waals surface area contributed by atoms with Crippen molar-refractivity contribution < 1.29 is 0 Å². The van der Waals surface area contributed by atoms with Crippen LogP contribution in [0.2, 0.25) is 0 Å². The zero-order chi connectivity index (χ0) is 47.7. The van der Waals surface area contributed by atoms with E-state index in [1.807, 2.05) is 0 Å². The molecule has 0 amide bonds. The van der Waals surface area contributed by atoms with Gasteiger partial charge in [0.05, 0.1) is 5.69 Å². The Morgan fingerprint density at radius 2 is 0.754 bits per heavy atom. The second kappa shape index (κ2) is 16.8. The number of hydrogen-bond donors (Lipinski definition) is 0. The van der Waals surface area contributed by atoms with Gasteiger partial charge in [-0.3, -0.25) is 0 Å². The lowest BCUT2D eigenvalue weighted by Gasteiger charge is -2.30. The highest BCUT2D eigenvalue weighted by atomic mass is 15.1. The van der Waals surface area contributed by atoms with Gasteiger partial charge >= 0.3 is 0 Å². The lowest BCUT2D eigenvalue weighted by atomic mass is 9.81. The van der Waals surface area contributed by atoms with Crippen LogP contribution in [0.1, 0.15) is 77.6 Å². The average molecular weight is 893 g/mol. The molecule has 0 spiro atoms. The van der Waals surface area contributed by atoms with E-state index in [0.717, 1.165) is 28.4 Å². The van der Waals surface area contributed by atoms with Crippen molar-refractivity contribution in [2.45, 2.75) is 71.6 Å². The average Bonchev–Trinajstić information content (AvgIpc) is 3.58. The quantitative estimate of drug-likeness (QED) is 0.150. The molecule has 0 unspecified atom stereocenters. The summed E-state index contributed by atoms with van der Waals surface area (Å²) < 4.78 is 0. The van der Waals surface area contributed by atoms with Crippen molar-refractivity contribution in [3.63, 3.8) is 0 Å². The van der Waals surface area contributed by atoms with Crippen LogP contribution < -0.4 is 9.80 Å². The van der Waals surface area contributed by atoms with Crippen LogP contribution in [0.3, 0.4) is 0 Å². The van der Waals surface area contributed by atoms with Crippen LogP contribution in [0.4, 0.5) is 34.1 Å². The van der Waals surface area contributed by atoms with Crippen LogP contribution in [-0.4, -0.2) is 0 Å². The number of nitrogens with zero attached hydrogens (tertiary/aromatic N) is 2. The third-order valence-electron chi connectivity index (χ3n) is 14.5. The van der Waals surface area contributed by atoms with Gasteiger partial charge in [-0.25, -0.2) is 0 Å². The molecule has 0 saturated heterocycles. The third kappa shape index (κ3) is 7.98. The number of anilines is 6. The smallest absolute Gasteiger partial charge is 0.0543 e. The van der Waals surface area contributed by atoms with Crippen molar-refractivity contribution in [2.24, 2.45) is 0 Å². The van der Waals surface area contributed by atoms with E-state index < -0.39 is 0 Å². The Balaban J connectivity index is 1.04. The fraction of sp³-hybridized carbons (Fsp3) is 0.164. The van der Waals surface area contributed by atoms with E-state index in [4.69, 9.17) is 0 Å². The predicted octanol–water partition coefficient (Wildman–Crippen LogP) is 19.2. The molecule has 0 heterocycles. The fourth-order valence-electron chi connectivity index (χ4n) is 10.6. The Morgan fingerprint density at radius 3 is 1.25 bits per heavy atom. The molecule has 1 aliphatic rings. The highest BCUT2D eigenvalue weighted by Crippen LogP contribution is 2.56. The summed E-state index contributed by atoms with van der Waals surface area (Å²) in [5.41, 5.74) is 19.5. The van der Waals surface area contributed by atoms with Gasteiger partial charge in [0.25, 0.3) is 0 Å². The summed E-state index contributed by atoms with van der Waals surface area (Å²) in [7, 11) is 0. The van der Waals surface area contributed by atoms with Crippen LogP contribution in [-0.2, 0) is 16.2 Å². The summed E-state index contributed by atoms with van der Waals surface area (Å²) >= 11 is 0. The van der Waals surface area contributed by atoms with Gasteiger partial charge in [-0.1, -0.05) is 195 Å². The maximum absolute atomic E-state index is 2.50. The van der Waals surface area contributed by atoms with Crippen LogP contribution in [0, 0.1) is 0 Å². The molecule has 11 rings (SSSR count). The van der Waals surface area contributed by atoms with E-state index >= 15 is 0 Å². The monoisotopic (exact) mass is 892 g/mol. The molecule has 10 aromatic rings. The van der Waals surface area contributed by atoms with E-state index in [2.05, 4.69) is 284 Å². The molecule has 1 aliphatic carbocycles. The molecule has 0 radical (unpaired) electrons. The molecule has 0 N–H and O–H groups in total. The summed E-state index contributed by atoms with van der Waals surface area (Å²) in [5.74, 6) is 0. The Labute approximate surface area is 409 Å². The molecule has 2 heteroatoms. The summed E-state index contributed by atoms with van der Waals surface area (Å²) in [4.78, 5) is 4.88. The van der Waals surface area contributed by atoms with E-state index in [0.29, 0.717) is 0 Å². The molecule has 10 aromatic carbocycles. The normalized spacial score (nSPS) is 13.0. The molecule has 0 fully saturated rings. The molecular weight excluding hydrogens is 833 g/mol. The number of hydrogen-bond acceptors (Lipinski definition) is 2. The molecule has 0 atom stereocenters. The predicted molar refractivity (Wildman–Crippen MR) is 297 cm³/mol. The van der Waals surface area contributed by atoms with Crippen LogP contribution in [0.25, 0.3) is 54.9 Å². The van der Waals surface area contributed by atoms with Crippen molar-refractivity contribution in [1.82, 2.24) is 0 Å². The summed E-state index contributed by atoms with van der Waals surface area (Å²) in [6.45, 7) is 18.5. The van der Waals surface area contributed by atoms with Gasteiger partial charge in [0.15, 0.2) is 0 Å². The van der Waals surface area contributed by atoms with Gasteiger partial charge in [-0.05, 0) is 161 Å². The number of fused-ring (bicyclic) bond motifs is 6. The first-order valence-electron chi connectivity index (χ1n) is 24.5. The first-order chi connectivity index (χ1) is 33.2. The Hall–Kier alpha value is -7.68. The van der Waals surface area contributed by atoms with Gasteiger partial charge in [0, 0.05) is 39.2 Å². The SMILES string of the molecule is CC(C)(C)c1ccc(N(c2ccc(-c3ccccc3)cc2)c2ccc3cc4c(cc3c2)C(C)(C)c2cc(N(c3ccc(-c5ccccc5)cc3)c3ccc(C(C)(C)C)cc3)c3ccccc3c2-4)cc1. The lowest BCUT2D eigenvalue weighted by molar-refractivity contribution is 0.590. The van der Waals surface area contributed by atoms with Crippen molar-refractivity contribution in [1.29, 1.82) is 0 Å². The first-order valence-corrected chi connectivity index (χ1v) is 24.5. The second-order valence-electron chi connectivity index (χ2n) is 21.5. The Bertz CT molecular complexity index is 3480. The Morgan fingerprint density at radius 1 is 0.333 bits per heavy atom. The minimum Gasteiger partial charge on any atom is -0.310 e. The molecule has 0 aromatic heterocycles. The van der Waals surface area contributed by atoms with Crippen molar-refractivity contribution >= 4 is 55.7 Å². The lowest BCUT2D eigenvalue weighted by Crippen LogP contribution is -2.17. The number of rotatable bonds is 8. The van der Waals surface area contributed by atoms with Crippen molar-refractivity contribution in [2.75, 3.05) is 9.80 Å². The minimum absolute atomic E-state index is 0.0468. The molecule has 0 aliphatic heterocycles. The minimum atomic E-state index is -0.275. The second-order valence-corrected chi connectivity index (χ2v) is 21.5. The number of benzene rings is 10. The van der Waals surface area contributed by atoms with Gasteiger partial charge in [-0.15, -0.1) is 0 Å². The van der Waals surface area contributed by atoms with Gasteiger partial charge in [-0.2, -0.15) is 0 Å². The van der Waals surface area contributed by atoms with E-state index in [1.165, 1.54) is 82.9 Å². The zero-order valence-corrected chi connectivity index (χ0v) is 41.2. The molecule has 2 nitrogen and oxygen atoms in total. The van der Waals surface area contributed by atoms with Gasteiger partial charge in [0.2, 0.25) is 0 Å². The van der Waals surface area contributed by atoms with Crippen LogP contribution in [0.5, 0.6) is 0 Å². The van der Waals surface area contributed by atoms with Gasteiger partial charge < -0.3 is 9.80 Å². The van der Waals surface area contributed by atoms with Crippen LogP contribution >= 0.6 is 0 Å². The van der Waals surface area contributed by atoms with E-state index in [9.17, 15) is 0 Å². The molecule has 0 bridgehead atoms. The maximum Gasteiger partial charge on any atom is 0.0543 e. The summed E-state index contributed by atoms with van der Waals surface area (Å²) in [6.07, 6.45) is 0. The van der Waals surface area contributed by atoms with Crippen molar-refractivity contribution in [3.05, 3.63) is 241 Å². The molecule has 0 saturated carbocycles. The highest BCUT2D eigenvalue weighted by Gasteiger charge is 2.38. The third-order valence-corrected chi connectivity index (χ3v) is 14.5. The van der Waals surface area contributed by atoms with E-state index in [1.54, 1.807) is 0 Å². The zero-order valence-electron chi connectivity index (χ0n) is 41.2. The first kappa shape index (κ1) is 43.9. The van der Waals surface area contributed by atoms with E-state index in [-0.39, 0.29) is 16.2 Å².